The minimum atomic E-state index is -2.48. The van der Waals surface area contributed by atoms with E-state index in [1.54, 1.807) is 0 Å². The summed E-state index contributed by atoms with van der Waals surface area (Å²) in [5.41, 5.74) is -0.191. The molecule has 0 saturated heterocycles. The zero-order valence-corrected chi connectivity index (χ0v) is 8.48. The van der Waals surface area contributed by atoms with E-state index >= 15 is 0 Å². The van der Waals surface area contributed by atoms with E-state index in [1.807, 2.05) is 13.8 Å². The molecule has 1 rings (SSSR count). The summed E-state index contributed by atoms with van der Waals surface area (Å²) in [5.74, 6) is 0. The first-order valence-corrected chi connectivity index (χ1v) is 4.39. The smallest absolute Gasteiger partial charge is 0.254 e. The molecule has 0 unspecified atom stereocenters. The van der Waals surface area contributed by atoms with Gasteiger partial charge in [0.15, 0.2) is 0 Å². The Kier molecular flexibility index (Phi) is 5.80. The van der Waals surface area contributed by atoms with E-state index in [1.165, 1.54) is 18.3 Å². The molecule has 0 amide bonds. The molecule has 0 aliphatic heterocycles. The zero-order chi connectivity index (χ0) is 9.56. The summed E-state index contributed by atoms with van der Waals surface area (Å²) in [4.78, 5) is 3.48. The van der Waals surface area contributed by atoms with Crippen LogP contribution in [0.1, 0.15) is 26.0 Å². The molecule has 0 spiro atoms. The standard InChI is InChI=1S/C6H4BrF2N.C2H6/c7-4-1-2-5(6(8)9)10-3-4;1-2/h1-3,6H;1-2H3. The molecule has 1 aromatic rings. The fourth-order valence-corrected chi connectivity index (χ4v) is 0.751. The van der Waals surface area contributed by atoms with E-state index in [0.29, 0.717) is 4.47 Å². The number of nitrogens with zero attached hydrogens (tertiary/aromatic N) is 1. The molecule has 68 valence electrons. The highest BCUT2D eigenvalue weighted by Crippen LogP contribution is 2.17. The maximum atomic E-state index is 11.8. The molecule has 0 radical (unpaired) electrons. The van der Waals surface area contributed by atoms with Crippen LogP contribution in [-0.2, 0) is 0 Å². The number of pyridine rings is 1. The SMILES string of the molecule is CC.FC(F)c1ccc(Br)cn1. The summed E-state index contributed by atoms with van der Waals surface area (Å²) < 4.78 is 24.3. The molecule has 0 aliphatic carbocycles. The Morgan fingerprint density at radius 2 is 1.92 bits per heavy atom. The van der Waals surface area contributed by atoms with Crippen molar-refractivity contribution in [1.29, 1.82) is 0 Å². The van der Waals surface area contributed by atoms with E-state index < -0.39 is 6.43 Å². The molecular weight excluding hydrogens is 228 g/mol. The van der Waals surface area contributed by atoms with Crippen LogP contribution in [0.25, 0.3) is 0 Å². The van der Waals surface area contributed by atoms with Crippen LogP contribution in [0.4, 0.5) is 8.78 Å². The van der Waals surface area contributed by atoms with Gasteiger partial charge in [-0.2, -0.15) is 0 Å². The lowest BCUT2D eigenvalue weighted by atomic mass is 10.4. The number of hydrogen-bond donors (Lipinski definition) is 0. The third kappa shape index (κ3) is 3.76. The van der Waals surface area contributed by atoms with Crippen LogP contribution >= 0.6 is 15.9 Å². The minimum Gasteiger partial charge on any atom is -0.254 e. The lowest BCUT2D eigenvalue weighted by Crippen LogP contribution is -1.87. The predicted octanol–water partition coefficient (Wildman–Crippen LogP) is 3.81. The molecule has 0 atom stereocenters. The molecule has 0 aliphatic rings. The average molecular weight is 238 g/mol. The van der Waals surface area contributed by atoms with E-state index in [2.05, 4.69) is 20.9 Å². The van der Waals surface area contributed by atoms with E-state index in [0.717, 1.165) is 0 Å². The van der Waals surface area contributed by atoms with E-state index in [9.17, 15) is 8.78 Å². The fraction of sp³-hybridized carbons (Fsp3) is 0.375. The van der Waals surface area contributed by atoms with Gasteiger partial charge in [-0.15, -0.1) is 0 Å². The van der Waals surface area contributed by atoms with Gasteiger partial charge in [0.2, 0.25) is 0 Å². The van der Waals surface area contributed by atoms with Gasteiger partial charge in [-0.05, 0) is 28.1 Å². The van der Waals surface area contributed by atoms with Crippen molar-refractivity contribution < 1.29 is 8.78 Å². The van der Waals surface area contributed by atoms with Crippen molar-refractivity contribution in [3.8, 4) is 0 Å². The Morgan fingerprint density at radius 3 is 2.25 bits per heavy atom. The van der Waals surface area contributed by atoms with Crippen molar-refractivity contribution in [2.45, 2.75) is 20.3 Å². The lowest BCUT2D eigenvalue weighted by Gasteiger charge is -1.95. The van der Waals surface area contributed by atoms with Gasteiger partial charge in [0.25, 0.3) is 6.43 Å². The first kappa shape index (κ1) is 11.5. The van der Waals surface area contributed by atoms with Crippen LogP contribution in [-0.4, -0.2) is 4.98 Å². The van der Waals surface area contributed by atoms with E-state index in [4.69, 9.17) is 0 Å². The number of halogens is 3. The third-order valence-corrected chi connectivity index (χ3v) is 1.44. The van der Waals surface area contributed by atoms with Crippen LogP contribution in [0.3, 0.4) is 0 Å². The van der Waals surface area contributed by atoms with Gasteiger partial charge in [-0.3, -0.25) is 4.98 Å². The molecule has 0 saturated carbocycles. The van der Waals surface area contributed by atoms with Crippen molar-refractivity contribution in [3.63, 3.8) is 0 Å². The fourth-order valence-electron chi connectivity index (χ4n) is 0.516. The summed E-state index contributed by atoms with van der Waals surface area (Å²) >= 11 is 3.09. The second kappa shape index (κ2) is 6.06. The molecule has 4 heteroatoms. The van der Waals surface area contributed by atoms with Crippen LogP contribution in [0.5, 0.6) is 0 Å². The Morgan fingerprint density at radius 1 is 1.33 bits per heavy atom. The number of aromatic nitrogens is 1. The van der Waals surface area contributed by atoms with Gasteiger partial charge >= 0.3 is 0 Å². The van der Waals surface area contributed by atoms with Crippen LogP contribution < -0.4 is 0 Å². The number of rotatable bonds is 1. The topological polar surface area (TPSA) is 12.9 Å². The minimum absolute atomic E-state index is 0.191. The summed E-state index contributed by atoms with van der Waals surface area (Å²) in [6.07, 6.45) is -1.13. The summed E-state index contributed by atoms with van der Waals surface area (Å²) in [6, 6.07) is 2.82. The molecule has 1 aromatic heterocycles. The molecule has 1 heterocycles. The van der Waals surface area contributed by atoms with Crippen LogP contribution in [0.2, 0.25) is 0 Å². The van der Waals surface area contributed by atoms with Crippen LogP contribution in [0.15, 0.2) is 22.8 Å². The van der Waals surface area contributed by atoms with Gasteiger partial charge in [-0.1, -0.05) is 13.8 Å². The van der Waals surface area contributed by atoms with Gasteiger partial charge in [-0.25, -0.2) is 8.78 Å². The molecule has 0 fully saturated rings. The van der Waals surface area contributed by atoms with Crippen molar-refractivity contribution in [1.82, 2.24) is 4.98 Å². The monoisotopic (exact) mass is 237 g/mol. The van der Waals surface area contributed by atoms with Crippen molar-refractivity contribution in [2.24, 2.45) is 0 Å². The molecule has 1 nitrogen and oxygen atoms in total. The Labute approximate surface area is 79.0 Å². The Balaban J connectivity index is 0.000000561. The van der Waals surface area contributed by atoms with Gasteiger partial charge < -0.3 is 0 Å². The van der Waals surface area contributed by atoms with Gasteiger partial charge in [0, 0.05) is 10.7 Å². The van der Waals surface area contributed by atoms with Crippen molar-refractivity contribution in [3.05, 3.63) is 28.5 Å². The third-order valence-electron chi connectivity index (χ3n) is 0.974. The average Bonchev–Trinajstić information content (AvgIpc) is 2.09. The normalized spacial score (nSPS) is 9.17. The second-order valence-corrected chi connectivity index (χ2v) is 2.62. The van der Waals surface area contributed by atoms with Crippen molar-refractivity contribution >= 4 is 15.9 Å². The largest absolute Gasteiger partial charge is 0.280 e. The van der Waals surface area contributed by atoms with E-state index in [-0.39, 0.29) is 5.69 Å². The first-order valence-electron chi connectivity index (χ1n) is 3.60. The predicted molar refractivity (Wildman–Crippen MR) is 48.2 cm³/mol. The van der Waals surface area contributed by atoms with Gasteiger partial charge in [0.05, 0.1) is 0 Å². The van der Waals surface area contributed by atoms with Gasteiger partial charge in [0.1, 0.15) is 5.69 Å². The second-order valence-electron chi connectivity index (χ2n) is 1.70. The molecule has 0 aromatic carbocycles. The number of alkyl halides is 2. The van der Waals surface area contributed by atoms with Crippen LogP contribution in [0, 0.1) is 0 Å². The summed E-state index contributed by atoms with van der Waals surface area (Å²) in [7, 11) is 0. The maximum Gasteiger partial charge on any atom is 0.280 e. The number of hydrogen-bond acceptors (Lipinski definition) is 1. The highest BCUT2D eigenvalue weighted by molar-refractivity contribution is 9.10. The van der Waals surface area contributed by atoms with Crippen molar-refractivity contribution in [2.75, 3.05) is 0 Å². The molecular formula is C8H10BrF2N. The summed E-state index contributed by atoms with van der Waals surface area (Å²) in [5, 5.41) is 0. The molecule has 0 bridgehead atoms. The zero-order valence-electron chi connectivity index (χ0n) is 6.89. The first-order chi connectivity index (χ1) is 5.70. The molecule has 0 N–H and O–H groups in total. The molecule has 12 heavy (non-hydrogen) atoms. The quantitative estimate of drug-likeness (QED) is 0.724. The Hall–Kier alpha value is -0.510. The maximum absolute atomic E-state index is 11.8. The Bertz CT molecular complexity index is 211. The highest BCUT2D eigenvalue weighted by Gasteiger charge is 2.06. The summed E-state index contributed by atoms with van der Waals surface area (Å²) in [6.45, 7) is 4.00. The lowest BCUT2D eigenvalue weighted by molar-refractivity contribution is 0.146. The highest BCUT2D eigenvalue weighted by atomic mass is 79.9.